The van der Waals surface area contributed by atoms with E-state index in [0.29, 0.717) is 12.8 Å². The second-order valence-electron chi connectivity index (χ2n) is 13.4. The molecule has 35 heavy (non-hydrogen) atoms. The molecular weight excluding hydrogens is 448 g/mol. The number of cyclic esters (lactones) is 1. The third-order valence-electron chi connectivity index (χ3n) is 12.0. The summed E-state index contributed by atoms with van der Waals surface area (Å²) in [6.45, 7) is 9.77. The van der Waals surface area contributed by atoms with Crippen molar-refractivity contribution in [3.8, 4) is 0 Å². The van der Waals surface area contributed by atoms with E-state index >= 15 is 0 Å². The Morgan fingerprint density at radius 2 is 1.80 bits per heavy atom. The molecule has 2 heterocycles. The zero-order valence-corrected chi connectivity index (χ0v) is 21.4. The van der Waals surface area contributed by atoms with Crippen LogP contribution in [0.5, 0.6) is 0 Å². The summed E-state index contributed by atoms with van der Waals surface area (Å²) in [6, 6.07) is 0. The van der Waals surface area contributed by atoms with E-state index in [1.54, 1.807) is 13.0 Å². The fourth-order valence-corrected chi connectivity index (χ4v) is 9.89. The second-order valence-corrected chi connectivity index (χ2v) is 13.4. The van der Waals surface area contributed by atoms with Crippen molar-refractivity contribution in [3.63, 3.8) is 0 Å². The lowest BCUT2D eigenvalue weighted by atomic mass is 9.44. The Kier molecular flexibility index (Phi) is 4.94. The van der Waals surface area contributed by atoms with Crippen LogP contribution in [0.15, 0.2) is 12.2 Å². The molecule has 7 nitrogen and oxygen atoms in total. The Bertz CT molecular complexity index is 990. The van der Waals surface area contributed by atoms with E-state index in [2.05, 4.69) is 6.92 Å². The van der Waals surface area contributed by atoms with E-state index < -0.39 is 40.8 Å². The third kappa shape index (κ3) is 2.76. The van der Waals surface area contributed by atoms with Gasteiger partial charge in [0.2, 0.25) is 0 Å². The summed E-state index contributed by atoms with van der Waals surface area (Å²) in [7, 11) is 0. The van der Waals surface area contributed by atoms with Gasteiger partial charge in [0, 0.05) is 5.92 Å². The van der Waals surface area contributed by atoms with Gasteiger partial charge in [-0.25, -0.2) is 0 Å². The molecule has 1 spiro atoms. The summed E-state index contributed by atoms with van der Waals surface area (Å²) in [5.74, 6) is -0.472. The van der Waals surface area contributed by atoms with Crippen LogP contribution in [0.1, 0.15) is 66.7 Å². The van der Waals surface area contributed by atoms with Gasteiger partial charge in [-0.2, -0.15) is 0 Å². The average Bonchev–Trinajstić information content (AvgIpc) is 3.45. The first kappa shape index (κ1) is 24.1. The molecule has 0 bridgehead atoms. The summed E-state index contributed by atoms with van der Waals surface area (Å²) in [4.78, 5) is 25.8. The molecule has 3 saturated carbocycles. The predicted molar refractivity (Wildman–Crippen MR) is 126 cm³/mol. The van der Waals surface area contributed by atoms with E-state index in [0.717, 1.165) is 19.3 Å². The topological polar surface area (TPSA) is 117 Å². The van der Waals surface area contributed by atoms with Crippen molar-refractivity contribution in [3.05, 3.63) is 12.2 Å². The van der Waals surface area contributed by atoms with Gasteiger partial charge in [-0.3, -0.25) is 9.59 Å². The van der Waals surface area contributed by atoms with Gasteiger partial charge >= 0.3 is 5.97 Å². The monoisotopic (exact) mass is 488 g/mol. The SMILES string of the molecule is C[C@H]1C[C@H]([C@](C)(O)[C@H]2[C@@H](O)C[C@H]3[C@@H]4C[C@H]5O[C@]56[C@@H](O)C=CC(=O)[C@]6(C)[C@H]4CC[C@]23C)OC(=O)[C@@H]1C. The number of ether oxygens (including phenoxy) is 2. The first-order chi connectivity index (χ1) is 16.3. The number of carbonyl (C=O) groups excluding carboxylic acids is 2. The zero-order chi connectivity index (χ0) is 25.3. The van der Waals surface area contributed by atoms with Crippen LogP contribution in [0.4, 0.5) is 0 Å². The minimum Gasteiger partial charge on any atom is -0.459 e. The highest BCUT2D eigenvalue weighted by Crippen LogP contribution is 2.73. The molecule has 2 aliphatic heterocycles. The molecule has 4 aliphatic carbocycles. The van der Waals surface area contributed by atoms with E-state index in [9.17, 15) is 24.9 Å². The van der Waals surface area contributed by atoms with Gasteiger partial charge in [-0.05, 0) is 87.2 Å². The maximum absolute atomic E-state index is 13.3. The fourth-order valence-electron chi connectivity index (χ4n) is 9.89. The predicted octanol–water partition coefficient (Wildman–Crippen LogP) is 2.40. The lowest BCUT2D eigenvalue weighted by Crippen LogP contribution is -2.64. The van der Waals surface area contributed by atoms with Crippen molar-refractivity contribution >= 4 is 11.8 Å². The lowest BCUT2D eigenvalue weighted by molar-refractivity contribution is -0.209. The highest BCUT2D eigenvalue weighted by atomic mass is 16.6. The van der Waals surface area contributed by atoms with Crippen LogP contribution in [-0.2, 0) is 19.1 Å². The lowest BCUT2D eigenvalue weighted by Gasteiger charge is -2.59. The molecule has 0 aromatic heterocycles. The third-order valence-corrected chi connectivity index (χ3v) is 12.0. The van der Waals surface area contributed by atoms with Crippen LogP contribution in [0.2, 0.25) is 0 Å². The van der Waals surface area contributed by atoms with Crippen LogP contribution in [0.25, 0.3) is 0 Å². The summed E-state index contributed by atoms with van der Waals surface area (Å²) >= 11 is 0. The number of hydrogen-bond acceptors (Lipinski definition) is 7. The van der Waals surface area contributed by atoms with Crippen molar-refractivity contribution < 1.29 is 34.4 Å². The number of esters is 1. The summed E-state index contributed by atoms with van der Waals surface area (Å²) < 4.78 is 11.9. The number of hydrogen-bond donors (Lipinski definition) is 3. The van der Waals surface area contributed by atoms with Gasteiger partial charge in [-0.1, -0.05) is 20.8 Å². The quantitative estimate of drug-likeness (QED) is 0.404. The normalized spacial score (nSPS) is 58.4. The van der Waals surface area contributed by atoms with E-state index in [4.69, 9.17) is 9.47 Å². The van der Waals surface area contributed by atoms with Gasteiger partial charge in [-0.15, -0.1) is 0 Å². The highest BCUT2D eigenvalue weighted by molar-refractivity contribution is 5.98. The van der Waals surface area contributed by atoms with E-state index in [1.807, 2.05) is 20.8 Å². The minimum atomic E-state index is -1.36. The molecule has 7 heteroatoms. The van der Waals surface area contributed by atoms with Crippen molar-refractivity contribution in [2.24, 2.45) is 46.3 Å². The Labute approximate surface area is 207 Å². The average molecular weight is 489 g/mol. The molecule has 0 aromatic carbocycles. The molecule has 14 atom stereocenters. The van der Waals surface area contributed by atoms with Gasteiger partial charge < -0.3 is 24.8 Å². The van der Waals surface area contributed by atoms with Gasteiger partial charge in [0.1, 0.15) is 23.4 Å². The van der Waals surface area contributed by atoms with Crippen molar-refractivity contribution in [2.75, 3.05) is 0 Å². The standard InChI is InChI=1S/C28H40O7/c1-13-10-21(34-24(32)14(13)2)27(5,33)23-18(29)12-17-15-11-22-28(35-22)20(31)7-6-19(30)26(28,4)16(15)8-9-25(17,23)3/h6-7,13-18,20-23,29,31,33H,8-12H2,1-5H3/t13-,14+,15+,16-,17-,18-,20-,21+,22+,23-,25-,26-,27-,28+/m0/s1. The fraction of sp³-hybridized carbons (Fsp3) is 0.857. The number of allylic oxidation sites excluding steroid dienone is 1. The number of aliphatic hydroxyl groups excluding tert-OH is 2. The van der Waals surface area contributed by atoms with Crippen molar-refractivity contribution in [2.45, 2.75) is 102 Å². The number of epoxide rings is 1. The van der Waals surface area contributed by atoms with E-state index in [1.165, 1.54) is 6.08 Å². The molecule has 0 aromatic rings. The van der Waals surface area contributed by atoms with Gasteiger partial charge in [0.15, 0.2) is 5.78 Å². The molecule has 6 aliphatic rings. The number of ketones is 1. The molecule has 6 rings (SSSR count). The summed E-state index contributed by atoms with van der Waals surface area (Å²) in [5.41, 5.74) is -3.33. The Balaban J connectivity index is 1.33. The highest BCUT2D eigenvalue weighted by Gasteiger charge is 2.80. The number of fused-ring (bicyclic) bond motifs is 4. The van der Waals surface area contributed by atoms with Crippen LogP contribution in [0.3, 0.4) is 0 Å². The van der Waals surface area contributed by atoms with Gasteiger partial charge in [0.05, 0.1) is 23.5 Å². The van der Waals surface area contributed by atoms with Crippen molar-refractivity contribution in [1.82, 2.24) is 0 Å². The molecule has 0 unspecified atom stereocenters. The number of carbonyl (C=O) groups is 2. The molecule has 194 valence electrons. The maximum atomic E-state index is 13.3. The first-order valence-electron chi connectivity index (χ1n) is 13.5. The summed E-state index contributed by atoms with van der Waals surface area (Å²) in [6.07, 6.45) is 4.19. The van der Waals surface area contributed by atoms with Gasteiger partial charge in [0.25, 0.3) is 0 Å². The molecule has 2 saturated heterocycles. The van der Waals surface area contributed by atoms with Crippen LogP contribution in [-0.4, -0.2) is 62.7 Å². The van der Waals surface area contributed by atoms with Crippen LogP contribution < -0.4 is 0 Å². The molecule has 0 amide bonds. The number of rotatable bonds is 2. The van der Waals surface area contributed by atoms with Crippen molar-refractivity contribution in [1.29, 1.82) is 0 Å². The zero-order valence-electron chi connectivity index (χ0n) is 21.4. The molecule has 5 fully saturated rings. The Morgan fingerprint density at radius 1 is 1.09 bits per heavy atom. The molecule has 0 radical (unpaired) electrons. The first-order valence-corrected chi connectivity index (χ1v) is 13.5. The number of aliphatic hydroxyl groups is 3. The Hall–Kier alpha value is -1.28. The largest absolute Gasteiger partial charge is 0.459 e. The smallest absolute Gasteiger partial charge is 0.309 e. The molecular formula is C28H40O7. The van der Waals surface area contributed by atoms with E-state index in [-0.39, 0.29) is 52.9 Å². The minimum absolute atomic E-state index is 0.0305. The maximum Gasteiger partial charge on any atom is 0.309 e. The molecule has 3 N–H and O–H groups in total. The van der Waals surface area contributed by atoms with Crippen LogP contribution >= 0.6 is 0 Å². The second kappa shape index (κ2) is 7.18. The summed E-state index contributed by atoms with van der Waals surface area (Å²) in [5, 5.41) is 34.2. The Morgan fingerprint density at radius 3 is 2.49 bits per heavy atom. The van der Waals surface area contributed by atoms with Crippen LogP contribution in [0, 0.1) is 46.3 Å².